The van der Waals surface area contributed by atoms with E-state index in [0.29, 0.717) is 16.7 Å². The van der Waals surface area contributed by atoms with E-state index in [1.54, 1.807) is 18.2 Å². The standard InChI is InChI=1S/C19H22F2O6/c1-10(2)15(19(20,21)17(23)24)26-16(22)14-9-11-8-12(27-18(3,4)5)6-7-13(11)25-14/h6-10,15H,1-5H3,(H,23,24)/p-1. The van der Waals surface area contributed by atoms with Crippen LogP contribution in [0.5, 0.6) is 5.75 Å². The SMILES string of the molecule is CC(C)C(OC(=O)c1cc2cc(OC(C)(C)C)ccc2o1)C(F)(F)C(=O)[O-]. The minimum absolute atomic E-state index is 0.322. The number of alkyl halides is 2. The number of furan rings is 1. The Hall–Kier alpha value is -2.64. The summed E-state index contributed by atoms with van der Waals surface area (Å²) in [5.74, 6) is -8.87. The van der Waals surface area contributed by atoms with Gasteiger partial charge in [-0.25, -0.2) is 4.79 Å². The van der Waals surface area contributed by atoms with Crippen molar-refractivity contribution in [2.75, 3.05) is 0 Å². The molecule has 0 aliphatic carbocycles. The third-order valence-corrected chi connectivity index (χ3v) is 3.58. The molecule has 0 aliphatic heterocycles. The molecule has 0 saturated heterocycles. The first-order chi connectivity index (χ1) is 12.3. The van der Waals surface area contributed by atoms with E-state index in [4.69, 9.17) is 13.9 Å². The highest BCUT2D eigenvalue weighted by molar-refractivity contribution is 5.93. The lowest BCUT2D eigenvalue weighted by atomic mass is 10.0. The summed E-state index contributed by atoms with van der Waals surface area (Å²) in [6.45, 7) is 8.24. The highest BCUT2D eigenvalue weighted by Gasteiger charge is 2.46. The van der Waals surface area contributed by atoms with Crippen molar-refractivity contribution >= 4 is 22.9 Å². The number of hydrogen-bond acceptors (Lipinski definition) is 6. The second-order valence-electron chi connectivity index (χ2n) is 7.51. The van der Waals surface area contributed by atoms with Crippen LogP contribution in [-0.2, 0) is 9.53 Å². The highest BCUT2D eigenvalue weighted by Crippen LogP contribution is 2.30. The number of carbonyl (C=O) groups is 2. The zero-order chi connectivity index (χ0) is 20.6. The van der Waals surface area contributed by atoms with Crippen LogP contribution >= 0.6 is 0 Å². The largest absolute Gasteiger partial charge is 0.544 e. The highest BCUT2D eigenvalue weighted by atomic mass is 19.3. The minimum Gasteiger partial charge on any atom is -0.544 e. The summed E-state index contributed by atoms with van der Waals surface area (Å²) in [6.07, 6.45) is -2.19. The first kappa shape index (κ1) is 20.7. The van der Waals surface area contributed by atoms with Crippen LogP contribution in [0.4, 0.5) is 8.78 Å². The fourth-order valence-corrected chi connectivity index (χ4v) is 2.46. The summed E-state index contributed by atoms with van der Waals surface area (Å²) in [5.41, 5.74) is -0.101. The third kappa shape index (κ3) is 4.75. The van der Waals surface area contributed by atoms with Gasteiger partial charge in [-0.05, 0) is 51.0 Å². The van der Waals surface area contributed by atoms with Crippen molar-refractivity contribution < 1.29 is 37.4 Å². The van der Waals surface area contributed by atoms with Gasteiger partial charge in [-0.2, -0.15) is 8.78 Å². The maximum atomic E-state index is 13.8. The molecule has 0 radical (unpaired) electrons. The Balaban J connectivity index is 2.27. The van der Waals surface area contributed by atoms with E-state index in [0.717, 1.165) is 0 Å². The van der Waals surface area contributed by atoms with Gasteiger partial charge in [0, 0.05) is 5.39 Å². The summed E-state index contributed by atoms with van der Waals surface area (Å²) in [7, 11) is 0. The van der Waals surface area contributed by atoms with E-state index in [1.807, 2.05) is 20.8 Å². The Morgan fingerprint density at radius 2 is 1.78 bits per heavy atom. The average molecular weight is 383 g/mol. The van der Waals surface area contributed by atoms with Gasteiger partial charge < -0.3 is 23.8 Å². The number of carboxylic acids is 1. The molecule has 1 atom stereocenters. The van der Waals surface area contributed by atoms with Crippen LogP contribution in [0.2, 0.25) is 0 Å². The molecule has 0 fully saturated rings. The smallest absolute Gasteiger partial charge is 0.374 e. The number of ether oxygens (including phenoxy) is 2. The summed E-state index contributed by atoms with van der Waals surface area (Å²) in [5, 5.41) is 11.2. The van der Waals surface area contributed by atoms with Crippen LogP contribution < -0.4 is 9.84 Å². The Kier molecular flexibility index (Phi) is 5.49. The number of aliphatic carboxylic acids is 1. The zero-order valence-electron chi connectivity index (χ0n) is 15.7. The van der Waals surface area contributed by atoms with Gasteiger partial charge >= 0.3 is 11.9 Å². The van der Waals surface area contributed by atoms with Crippen molar-refractivity contribution in [3.8, 4) is 5.75 Å². The van der Waals surface area contributed by atoms with Crippen LogP contribution in [0, 0.1) is 5.92 Å². The fourth-order valence-electron chi connectivity index (χ4n) is 2.46. The Morgan fingerprint density at radius 1 is 1.15 bits per heavy atom. The average Bonchev–Trinajstić information content (AvgIpc) is 2.93. The molecule has 148 valence electrons. The fraction of sp³-hybridized carbons (Fsp3) is 0.474. The molecule has 1 aromatic carbocycles. The van der Waals surface area contributed by atoms with Gasteiger partial charge in [0.25, 0.3) is 0 Å². The van der Waals surface area contributed by atoms with E-state index in [9.17, 15) is 23.5 Å². The summed E-state index contributed by atoms with van der Waals surface area (Å²) in [4.78, 5) is 22.9. The number of carboxylic acid groups (broad SMARTS) is 1. The van der Waals surface area contributed by atoms with Crippen molar-refractivity contribution in [2.24, 2.45) is 5.92 Å². The molecule has 0 aliphatic rings. The number of carbonyl (C=O) groups excluding carboxylic acids is 2. The van der Waals surface area contributed by atoms with E-state index in [-0.39, 0.29) is 5.76 Å². The molecule has 0 bridgehead atoms. The lowest BCUT2D eigenvalue weighted by Gasteiger charge is -2.29. The van der Waals surface area contributed by atoms with Gasteiger partial charge in [0.2, 0.25) is 5.76 Å². The Morgan fingerprint density at radius 3 is 2.30 bits per heavy atom. The number of benzene rings is 1. The van der Waals surface area contributed by atoms with Crippen molar-refractivity contribution in [2.45, 2.75) is 52.2 Å². The number of hydrogen-bond donors (Lipinski definition) is 0. The van der Waals surface area contributed by atoms with Crippen LogP contribution in [0.15, 0.2) is 28.7 Å². The summed E-state index contributed by atoms with van der Waals surface area (Å²) in [6, 6.07) is 6.18. The molecule has 0 N–H and O–H groups in total. The molecule has 0 spiro atoms. The maximum Gasteiger partial charge on any atom is 0.374 e. The predicted octanol–water partition coefficient (Wildman–Crippen LogP) is 3.18. The van der Waals surface area contributed by atoms with Gasteiger partial charge in [-0.3, -0.25) is 0 Å². The molecule has 27 heavy (non-hydrogen) atoms. The van der Waals surface area contributed by atoms with Crippen molar-refractivity contribution in [1.82, 2.24) is 0 Å². The minimum atomic E-state index is -4.33. The van der Waals surface area contributed by atoms with Gasteiger partial charge in [-0.15, -0.1) is 0 Å². The van der Waals surface area contributed by atoms with Crippen molar-refractivity contribution in [1.29, 1.82) is 0 Å². The summed E-state index contributed by atoms with van der Waals surface area (Å²) < 4.78 is 43.3. The molecule has 0 saturated carbocycles. The molecule has 1 unspecified atom stereocenters. The monoisotopic (exact) mass is 383 g/mol. The molecule has 1 aromatic heterocycles. The number of halogens is 2. The van der Waals surface area contributed by atoms with Crippen LogP contribution in [-0.4, -0.2) is 29.6 Å². The van der Waals surface area contributed by atoms with Gasteiger partial charge in [0.1, 0.15) is 22.9 Å². The van der Waals surface area contributed by atoms with E-state index in [2.05, 4.69) is 0 Å². The first-order valence-electron chi connectivity index (χ1n) is 8.34. The Labute approximate surface area is 155 Å². The van der Waals surface area contributed by atoms with Crippen LogP contribution in [0.3, 0.4) is 0 Å². The van der Waals surface area contributed by atoms with E-state index < -0.39 is 35.5 Å². The first-order valence-corrected chi connectivity index (χ1v) is 8.34. The van der Waals surface area contributed by atoms with Gasteiger partial charge in [0.15, 0.2) is 6.10 Å². The maximum absolute atomic E-state index is 13.8. The van der Waals surface area contributed by atoms with Crippen molar-refractivity contribution in [3.63, 3.8) is 0 Å². The van der Waals surface area contributed by atoms with Gasteiger partial charge in [-0.1, -0.05) is 13.8 Å². The number of rotatable bonds is 6. The normalized spacial score (nSPS) is 13.6. The van der Waals surface area contributed by atoms with Gasteiger partial charge in [0.05, 0.1) is 0 Å². The summed E-state index contributed by atoms with van der Waals surface area (Å²) >= 11 is 0. The number of esters is 1. The lowest BCUT2D eigenvalue weighted by molar-refractivity contribution is -0.337. The van der Waals surface area contributed by atoms with E-state index >= 15 is 0 Å². The molecule has 2 rings (SSSR count). The third-order valence-electron chi connectivity index (χ3n) is 3.58. The molecule has 1 heterocycles. The molecule has 6 nitrogen and oxygen atoms in total. The van der Waals surface area contributed by atoms with Crippen LogP contribution in [0.25, 0.3) is 11.0 Å². The molecular weight excluding hydrogens is 362 g/mol. The predicted molar refractivity (Wildman–Crippen MR) is 90.6 cm³/mol. The molecule has 0 amide bonds. The zero-order valence-corrected chi connectivity index (χ0v) is 15.7. The Bertz CT molecular complexity index is 847. The molecule has 8 heteroatoms. The van der Waals surface area contributed by atoms with E-state index in [1.165, 1.54) is 19.9 Å². The molecular formula is C19H21F2O6-. The number of fused-ring (bicyclic) bond motifs is 1. The topological polar surface area (TPSA) is 88.8 Å². The second kappa shape index (κ2) is 7.17. The quantitative estimate of drug-likeness (QED) is 0.712. The lowest BCUT2D eigenvalue weighted by Crippen LogP contribution is -2.53. The van der Waals surface area contributed by atoms with Crippen LogP contribution in [0.1, 0.15) is 45.2 Å². The van der Waals surface area contributed by atoms with Crippen molar-refractivity contribution in [3.05, 3.63) is 30.0 Å². The second-order valence-corrected chi connectivity index (χ2v) is 7.51. The molecule has 2 aromatic rings.